The molecule has 6 heteroatoms. The van der Waals surface area contributed by atoms with Crippen LogP contribution in [0.4, 0.5) is 4.79 Å². The second-order valence-electron chi connectivity index (χ2n) is 8.00. The fourth-order valence-electron chi connectivity index (χ4n) is 3.78. The van der Waals surface area contributed by atoms with E-state index in [2.05, 4.69) is 58.9 Å². The van der Waals surface area contributed by atoms with Gasteiger partial charge in [0.2, 0.25) is 0 Å². The number of rotatable bonds is 7. The van der Waals surface area contributed by atoms with Crippen molar-refractivity contribution < 1.29 is 9.53 Å². The Morgan fingerprint density at radius 3 is 2.52 bits per heavy atom. The summed E-state index contributed by atoms with van der Waals surface area (Å²) in [7, 11) is 3.53. The molecule has 0 aliphatic rings. The van der Waals surface area contributed by atoms with Crippen LogP contribution in [0.2, 0.25) is 0 Å². The fourth-order valence-corrected chi connectivity index (χ4v) is 3.78. The number of nitrogens with zero attached hydrogens (tertiary/aromatic N) is 2. The Bertz CT molecular complexity index is 1230. The maximum absolute atomic E-state index is 12.8. The molecule has 0 saturated heterocycles. The summed E-state index contributed by atoms with van der Waals surface area (Å²) in [5.74, 6) is 1.46. The van der Waals surface area contributed by atoms with Crippen LogP contribution in [-0.4, -0.2) is 22.7 Å². The van der Waals surface area contributed by atoms with Gasteiger partial charge in [-0.25, -0.2) is 9.78 Å². The number of amides is 2. The van der Waals surface area contributed by atoms with Crippen molar-refractivity contribution >= 4 is 6.03 Å². The molecule has 1 unspecified atom stereocenters. The summed E-state index contributed by atoms with van der Waals surface area (Å²) in [6, 6.07) is 23.6. The van der Waals surface area contributed by atoms with Crippen LogP contribution in [0, 0.1) is 6.92 Å². The van der Waals surface area contributed by atoms with Gasteiger partial charge in [0.05, 0.1) is 7.11 Å². The Morgan fingerprint density at radius 2 is 1.82 bits per heavy atom. The van der Waals surface area contributed by atoms with Gasteiger partial charge in [-0.05, 0) is 41.3 Å². The summed E-state index contributed by atoms with van der Waals surface area (Å²) in [6.45, 7) is 2.51. The highest BCUT2D eigenvalue weighted by Crippen LogP contribution is 2.24. The number of nitrogens with one attached hydrogen (secondary N) is 2. The average Bonchev–Trinajstić information content (AvgIpc) is 3.27. The van der Waals surface area contributed by atoms with Gasteiger partial charge in [-0.2, -0.15) is 0 Å². The molecular formula is C27H28N4O2. The van der Waals surface area contributed by atoms with Gasteiger partial charge < -0.3 is 19.9 Å². The number of carbonyl (C=O) groups is 1. The van der Waals surface area contributed by atoms with E-state index in [0.717, 1.165) is 28.3 Å². The normalized spacial score (nSPS) is 11.6. The first kappa shape index (κ1) is 22.1. The molecule has 0 saturated carbocycles. The van der Waals surface area contributed by atoms with E-state index in [-0.39, 0.29) is 6.03 Å². The van der Waals surface area contributed by atoms with E-state index >= 15 is 0 Å². The zero-order chi connectivity index (χ0) is 23.2. The maximum Gasteiger partial charge on any atom is 0.315 e. The summed E-state index contributed by atoms with van der Waals surface area (Å²) >= 11 is 0. The van der Waals surface area contributed by atoms with E-state index in [9.17, 15) is 4.79 Å². The molecule has 2 amide bonds. The maximum atomic E-state index is 12.8. The molecule has 0 aliphatic carbocycles. The summed E-state index contributed by atoms with van der Waals surface area (Å²) in [4.78, 5) is 17.2. The SMILES string of the molecule is COc1cccc(C(NC(=O)NCc2ccc(-c3cccc(C)c3)cc2)c2nccn2C)c1. The molecule has 1 atom stereocenters. The molecule has 0 spiro atoms. The molecule has 0 bridgehead atoms. The van der Waals surface area contributed by atoms with Crippen molar-refractivity contribution in [1.29, 1.82) is 0 Å². The number of ether oxygens (including phenoxy) is 1. The topological polar surface area (TPSA) is 68.2 Å². The van der Waals surface area contributed by atoms with Gasteiger partial charge in [-0.1, -0.05) is 66.2 Å². The third-order valence-electron chi connectivity index (χ3n) is 5.58. The quantitative estimate of drug-likeness (QED) is 0.425. The Hall–Kier alpha value is -4.06. The van der Waals surface area contributed by atoms with Crippen molar-refractivity contribution in [2.75, 3.05) is 7.11 Å². The summed E-state index contributed by atoms with van der Waals surface area (Å²) in [5, 5.41) is 6.01. The number of methoxy groups -OCH3 is 1. The van der Waals surface area contributed by atoms with Gasteiger partial charge in [-0.15, -0.1) is 0 Å². The molecule has 168 valence electrons. The van der Waals surface area contributed by atoms with Crippen molar-refractivity contribution in [3.8, 4) is 16.9 Å². The van der Waals surface area contributed by atoms with E-state index in [4.69, 9.17) is 4.74 Å². The lowest BCUT2D eigenvalue weighted by Crippen LogP contribution is -2.38. The Labute approximate surface area is 194 Å². The molecular weight excluding hydrogens is 412 g/mol. The Balaban J connectivity index is 1.44. The molecule has 0 fully saturated rings. The van der Waals surface area contributed by atoms with Crippen molar-refractivity contribution in [3.05, 3.63) is 108 Å². The Morgan fingerprint density at radius 1 is 1.03 bits per heavy atom. The fraction of sp³-hybridized carbons (Fsp3) is 0.185. The monoisotopic (exact) mass is 440 g/mol. The second kappa shape index (κ2) is 10.0. The Kier molecular flexibility index (Phi) is 6.74. The van der Waals surface area contributed by atoms with E-state index in [1.54, 1.807) is 13.3 Å². The molecule has 0 aliphatic heterocycles. The average molecular weight is 441 g/mol. The molecule has 6 nitrogen and oxygen atoms in total. The minimum atomic E-state index is -0.413. The van der Waals surface area contributed by atoms with Crippen molar-refractivity contribution in [1.82, 2.24) is 20.2 Å². The van der Waals surface area contributed by atoms with Crippen LogP contribution >= 0.6 is 0 Å². The highest BCUT2D eigenvalue weighted by molar-refractivity contribution is 5.75. The predicted molar refractivity (Wildman–Crippen MR) is 130 cm³/mol. The van der Waals surface area contributed by atoms with E-state index < -0.39 is 6.04 Å². The highest BCUT2D eigenvalue weighted by atomic mass is 16.5. The van der Waals surface area contributed by atoms with Crippen LogP contribution in [0.5, 0.6) is 5.75 Å². The molecule has 0 radical (unpaired) electrons. The predicted octanol–water partition coefficient (Wildman–Crippen LogP) is 4.99. The lowest BCUT2D eigenvalue weighted by atomic mass is 10.0. The first-order valence-electron chi connectivity index (χ1n) is 10.8. The van der Waals surface area contributed by atoms with Crippen molar-refractivity contribution in [2.45, 2.75) is 19.5 Å². The second-order valence-corrected chi connectivity index (χ2v) is 8.00. The molecule has 2 N–H and O–H groups in total. The standard InChI is InChI=1S/C27H28N4O2/c1-19-6-4-7-22(16-19)21-12-10-20(11-13-21)18-29-27(32)30-25(26-28-14-15-31(26)2)23-8-5-9-24(17-23)33-3/h4-17,25H,18H2,1-3H3,(H2,29,30,32). The van der Waals surface area contributed by atoms with Crippen LogP contribution in [0.25, 0.3) is 11.1 Å². The highest BCUT2D eigenvalue weighted by Gasteiger charge is 2.21. The number of benzene rings is 3. The number of imidazole rings is 1. The lowest BCUT2D eigenvalue weighted by Gasteiger charge is -2.20. The number of carbonyl (C=O) groups excluding carboxylic acids is 1. The molecule has 33 heavy (non-hydrogen) atoms. The number of aryl methyl sites for hydroxylation is 2. The number of hydrogen-bond acceptors (Lipinski definition) is 3. The summed E-state index contributed by atoms with van der Waals surface area (Å²) in [5.41, 5.74) is 5.48. The van der Waals surface area contributed by atoms with E-state index in [0.29, 0.717) is 6.54 Å². The van der Waals surface area contributed by atoms with Gasteiger partial charge in [0.25, 0.3) is 0 Å². The number of hydrogen-bond donors (Lipinski definition) is 2. The van der Waals surface area contributed by atoms with Gasteiger partial charge >= 0.3 is 6.03 Å². The number of urea groups is 1. The first-order valence-corrected chi connectivity index (χ1v) is 10.8. The van der Waals surface area contributed by atoms with E-state index in [1.807, 2.05) is 54.2 Å². The summed E-state index contributed by atoms with van der Waals surface area (Å²) in [6.07, 6.45) is 3.58. The van der Waals surface area contributed by atoms with Crippen molar-refractivity contribution in [3.63, 3.8) is 0 Å². The molecule has 4 aromatic rings. The minimum absolute atomic E-state index is 0.270. The van der Waals surface area contributed by atoms with Crippen LogP contribution in [-0.2, 0) is 13.6 Å². The minimum Gasteiger partial charge on any atom is -0.497 e. The lowest BCUT2D eigenvalue weighted by molar-refractivity contribution is 0.237. The first-order chi connectivity index (χ1) is 16.0. The van der Waals surface area contributed by atoms with Crippen LogP contribution < -0.4 is 15.4 Å². The van der Waals surface area contributed by atoms with Gasteiger partial charge in [0, 0.05) is 26.0 Å². The molecule has 3 aromatic carbocycles. The third kappa shape index (κ3) is 5.41. The smallest absolute Gasteiger partial charge is 0.315 e. The van der Waals surface area contributed by atoms with Crippen LogP contribution in [0.1, 0.15) is 28.6 Å². The van der Waals surface area contributed by atoms with Crippen LogP contribution in [0.15, 0.2) is 85.2 Å². The van der Waals surface area contributed by atoms with Crippen molar-refractivity contribution in [2.24, 2.45) is 7.05 Å². The largest absolute Gasteiger partial charge is 0.497 e. The summed E-state index contributed by atoms with van der Waals surface area (Å²) < 4.78 is 7.25. The van der Waals surface area contributed by atoms with Crippen LogP contribution in [0.3, 0.4) is 0 Å². The zero-order valence-corrected chi connectivity index (χ0v) is 19.1. The van der Waals surface area contributed by atoms with E-state index in [1.165, 1.54) is 11.1 Å². The van der Waals surface area contributed by atoms with Gasteiger partial charge in [0.1, 0.15) is 17.6 Å². The molecule has 1 aromatic heterocycles. The zero-order valence-electron chi connectivity index (χ0n) is 19.1. The van der Waals surface area contributed by atoms with Gasteiger partial charge in [-0.3, -0.25) is 0 Å². The van der Waals surface area contributed by atoms with Gasteiger partial charge in [0.15, 0.2) is 0 Å². The number of aromatic nitrogens is 2. The third-order valence-corrected chi connectivity index (χ3v) is 5.58. The molecule has 4 rings (SSSR count). The molecule has 1 heterocycles.